The van der Waals surface area contributed by atoms with Crippen molar-refractivity contribution < 1.29 is 13.9 Å². The molecule has 0 radical (unpaired) electrons. The molecule has 0 fully saturated rings. The Kier molecular flexibility index (Phi) is 5.63. The van der Waals surface area contributed by atoms with Crippen LogP contribution in [0.5, 0.6) is 0 Å². The Morgan fingerprint density at radius 3 is 2.82 bits per heavy atom. The third-order valence-electron chi connectivity index (χ3n) is 2.55. The zero-order valence-corrected chi connectivity index (χ0v) is 10.3. The van der Waals surface area contributed by atoms with Crippen LogP contribution in [-0.4, -0.2) is 26.2 Å². The third kappa shape index (κ3) is 4.95. The minimum absolute atomic E-state index is 0.174. The predicted molar refractivity (Wildman–Crippen MR) is 64.3 cm³/mol. The molecule has 1 rings (SSSR count). The van der Waals surface area contributed by atoms with E-state index in [1.54, 1.807) is 13.0 Å². The summed E-state index contributed by atoms with van der Waals surface area (Å²) in [5.74, 6) is -0.387. The third-order valence-corrected chi connectivity index (χ3v) is 2.55. The number of ether oxygens (including phenoxy) is 1. The van der Waals surface area contributed by atoms with Gasteiger partial charge in [0.15, 0.2) is 0 Å². The number of hydrogen-bond acceptors (Lipinski definition) is 3. The summed E-state index contributed by atoms with van der Waals surface area (Å²) >= 11 is 0. The number of esters is 1. The van der Waals surface area contributed by atoms with Crippen molar-refractivity contribution in [2.24, 2.45) is 0 Å². The number of halogens is 1. The topological polar surface area (TPSA) is 38.3 Å². The quantitative estimate of drug-likeness (QED) is 0.608. The molecule has 1 aromatic rings. The Morgan fingerprint density at radius 2 is 2.18 bits per heavy atom. The highest BCUT2D eigenvalue weighted by Gasteiger charge is 2.00. The Labute approximate surface area is 101 Å². The Hall–Kier alpha value is -1.42. The number of methoxy groups -OCH3 is 1. The highest BCUT2D eigenvalue weighted by atomic mass is 19.1. The fourth-order valence-electron chi connectivity index (χ4n) is 1.51. The van der Waals surface area contributed by atoms with Gasteiger partial charge in [0.25, 0.3) is 0 Å². The van der Waals surface area contributed by atoms with Crippen molar-refractivity contribution in [3.8, 4) is 0 Å². The summed E-state index contributed by atoms with van der Waals surface area (Å²) in [4.78, 5) is 10.8. The van der Waals surface area contributed by atoms with E-state index in [0.717, 1.165) is 18.5 Å². The van der Waals surface area contributed by atoms with Gasteiger partial charge in [-0.05, 0) is 37.1 Å². The van der Waals surface area contributed by atoms with Gasteiger partial charge in [0.05, 0.1) is 13.5 Å². The fraction of sp³-hybridized carbons (Fsp3) is 0.462. The van der Waals surface area contributed by atoms with Crippen molar-refractivity contribution in [2.75, 3.05) is 20.2 Å². The largest absolute Gasteiger partial charge is 0.469 e. The molecule has 1 N–H and O–H groups in total. The minimum Gasteiger partial charge on any atom is -0.469 e. The van der Waals surface area contributed by atoms with E-state index < -0.39 is 0 Å². The number of benzene rings is 1. The lowest BCUT2D eigenvalue weighted by molar-refractivity contribution is -0.140. The van der Waals surface area contributed by atoms with Crippen LogP contribution in [0.4, 0.5) is 4.39 Å². The van der Waals surface area contributed by atoms with Gasteiger partial charge < -0.3 is 10.1 Å². The summed E-state index contributed by atoms with van der Waals surface area (Å²) in [6.45, 7) is 3.12. The number of carbonyl (C=O) groups excluding carboxylic acids is 1. The van der Waals surface area contributed by atoms with Gasteiger partial charge in [0, 0.05) is 6.54 Å². The van der Waals surface area contributed by atoms with Gasteiger partial charge in [0.2, 0.25) is 0 Å². The highest BCUT2D eigenvalue weighted by Crippen LogP contribution is 2.09. The number of hydrogen-bond donors (Lipinski definition) is 1. The average molecular weight is 239 g/mol. The standard InChI is InChI=1S/C13H18FNO2/c1-10-9-11(3-4-12(10)14)5-7-15-8-6-13(16)17-2/h3-4,9,15H,5-8H2,1-2H3. The molecule has 1 aromatic carbocycles. The van der Waals surface area contributed by atoms with E-state index in [1.165, 1.54) is 13.2 Å². The molecule has 0 atom stereocenters. The van der Waals surface area contributed by atoms with Crippen LogP contribution in [0.15, 0.2) is 18.2 Å². The van der Waals surface area contributed by atoms with Crippen LogP contribution in [0.3, 0.4) is 0 Å². The molecule has 0 unspecified atom stereocenters. The van der Waals surface area contributed by atoms with Gasteiger partial charge in [-0.3, -0.25) is 4.79 Å². The van der Waals surface area contributed by atoms with Crippen LogP contribution in [0.25, 0.3) is 0 Å². The molecule has 0 aliphatic heterocycles. The number of aryl methyl sites for hydroxylation is 1. The van der Waals surface area contributed by atoms with E-state index >= 15 is 0 Å². The van der Waals surface area contributed by atoms with E-state index in [1.807, 2.05) is 6.07 Å². The maximum Gasteiger partial charge on any atom is 0.306 e. The van der Waals surface area contributed by atoms with Crippen molar-refractivity contribution >= 4 is 5.97 Å². The monoisotopic (exact) mass is 239 g/mol. The SMILES string of the molecule is COC(=O)CCNCCc1ccc(F)c(C)c1. The summed E-state index contributed by atoms with van der Waals surface area (Å²) in [6.07, 6.45) is 1.20. The molecule has 94 valence electrons. The molecule has 0 saturated heterocycles. The summed E-state index contributed by atoms with van der Waals surface area (Å²) in [5, 5.41) is 3.14. The Morgan fingerprint density at radius 1 is 1.41 bits per heavy atom. The average Bonchev–Trinajstić information content (AvgIpc) is 2.33. The number of nitrogens with one attached hydrogen (secondary N) is 1. The predicted octanol–water partition coefficient (Wildman–Crippen LogP) is 1.83. The van der Waals surface area contributed by atoms with E-state index in [0.29, 0.717) is 18.5 Å². The molecule has 17 heavy (non-hydrogen) atoms. The lowest BCUT2D eigenvalue weighted by atomic mass is 10.1. The van der Waals surface area contributed by atoms with Gasteiger partial charge >= 0.3 is 5.97 Å². The Bertz CT molecular complexity index is 380. The summed E-state index contributed by atoms with van der Waals surface area (Å²) < 4.78 is 17.5. The molecular weight excluding hydrogens is 221 g/mol. The summed E-state index contributed by atoms with van der Waals surface area (Å²) in [6, 6.07) is 5.11. The van der Waals surface area contributed by atoms with E-state index in [-0.39, 0.29) is 11.8 Å². The van der Waals surface area contributed by atoms with Crippen LogP contribution in [0, 0.1) is 12.7 Å². The molecule has 0 heterocycles. The number of rotatable bonds is 6. The second-order valence-corrected chi connectivity index (χ2v) is 3.91. The molecule has 0 aliphatic carbocycles. The second kappa shape index (κ2) is 7.01. The first-order valence-electron chi connectivity index (χ1n) is 5.66. The highest BCUT2D eigenvalue weighted by molar-refractivity contribution is 5.69. The lowest BCUT2D eigenvalue weighted by Crippen LogP contribution is -2.21. The zero-order chi connectivity index (χ0) is 12.7. The first-order valence-corrected chi connectivity index (χ1v) is 5.66. The van der Waals surface area contributed by atoms with Gasteiger partial charge in [0.1, 0.15) is 5.82 Å². The van der Waals surface area contributed by atoms with Crippen molar-refractivity contribution in [3.05, 3.63) is 35.1 Å². The first-order chi connectivity index (χ1) is 8.13. The lowest BCUT2D eigenvalue weighted by Gasteiger charge is -2.05. The molecule has 0 aromatic heterocycles. The van der Waals surface area contributed by atoms with Crippen molar-refractivity contribution in [3.63, 3.8) is 0 Å². The second-order valence-electron chi connectivity index (χ2n) is 3.91. The fourth-order valence-corrected chi connectivity index (χ4v) is 1.51. The number of carbonyl (C=O) groups is 1. The first kappa shape index (κ1) is 13.6. The van der Waals surface area contributed by atoms with Gasteiger partial charge in [-0.25, -0.2) is 4.39 Å². The summed E-state index contributed by atoms with van der Waals surface area (Å²) in [7, 11) is 1.38. The van der Waals surface area contributed by atoms with Crippen LogP contribution in [0.1, 0.15) is 17.5 Å². The maximum absolute atomic E-state index is 13.0. The maximum atomic E-state index is 13.0. The van der Waals surface area contributed by atoms with Crippen LogP contribution >= 0.6 is 0 Å². The van der Waals surface area contributed by atoms with Gasteiger partial charge in [-0.15, -0.1) is 0 Å². The van der Waals surface area contributed by atoms with Gasteiger partial charge in [-0.1, -0.05) is 12.1 Å². The van der Waals surface area contributed by atoms with E-state index in [4.69, 9.17) is 0 Å². The van der Waals surface area contributed by atoms with E-state index in [9.17, 15) is 9.18 Å². The molecule has 0 amide bonds. The summed E-state index contributed by atoms with van der Waals surface area (Å²) in [5.41, 5.74) is 1.76. The van der Waals surface area contributed by atoms with Crippen LogP contribution in [-0.2, 0) is 16.0 Å². The van der Waals surface area contributed by atoms with Crippen molar-refractivity contribution in [1.82, 2.24) is 5.32 Å². The molecule has 0 spiro atoms. The minimum atomic E-state index is -0.213. The molecule has 4 heteroatoms. The molecule has 0 saturated carbocycles. The Balaban J connectivity index is 2.22. The molecule has 3 nitrogen and oxygen atoms in total. The molecular formula is C13H18FNO2. The van der Waals surface area contributed by atoms with Crippen LogP contribution in [0.2, 0.25) is 0 Å². The van der Waals surface area contributed by atoms with Gasteiger partial charge in [-0.2, -0.15) is 0 Å². The normalized spacial score (nSPS) is 10.3. The zero-order valence-electron chi connectivity index (χ0n) is 10.3. The molecule has 0 bridgehead atoms. The smallest absolute Gasteiger partial charge is 0.306 e. The van der Waals surface area contributed by atoms with Crippen molar-refractivity contribution in [2.45, 2.75) is 19.8 Å². The van der Waals surface area contributed by atoms with E-state index in [2.05, 4.69) is 10.1 Å². The molecule has 0 aliphatic rings. The van der Waals surface area contributed by atoms with Crippen molar-refractivity contribution in [1.29, 1.82) is 0 Å². The van der Waals surface area contributed by atoms with Crippen LogP contribution < -0.4 is 5.32 Å².